The topological polar surface area (TPSA) is 76.7 Å². The van der Waals surface area contributed by atoms with Crippen LogP contribution in [0.4, 0.5) is 0 Å². The van der Waals surface area contributed by atoms with E-state index in [-0.39, 0.29) is 23.7 Å². The molecule has 0 aliphatic carbocycles. The maximum atomic E-state index is 12.9. The SMILES string of the molecule is COc1ccc(C(CC(=O)NCC2(c3ccc(Cl)cc3)CCOCC2)NC(C)=O)cc1. The fourth-order valence-corrected chi connectivity index (χ4v) is 4.12. The second-order valence-electron chi connectivity index (χ2n) is 7.91. The molecule has 31 heavy (non-hydrogen) atoms. The molecule has 2 aromatic carbocycles. The summed E-state index contributed by atoms with van der Waals surface area (Å²) >= 11 is 6.06. The van der Waals surface area contributed by atoms with Crippen LogP contribution in [0.5, 0.6) is 5.75 Å². The highest BCUT2D eigenvalue weighted by molar-refractivity contribution is 6.30. The first-order chi connectivity index (χ1) is 14.9. The number of carbonyl (C=O) groups is 2. The lowest BCUT2D eigenvalue weighted by Crippen LogP contribution is -2.45. The van der Waals surface area contributed by atoms with Crippen molar-refractivity contribution in [2.45, 2.75) is 37.6 Å². The molecule has 3 rings (SSSR count). The summed E-state index contributed by atoms with van der Waals surface area (Å²) in [5.74, 6) is 0.421. The average Bonchev–Trinajstić information content (AvgIpc) is 2.78. The van der Waals surface area contributed by atoms with E-state index in [1.54, 1.807) is 7.11 Å². The lowest BCUT2D eigenvalue weighted by molar-refractivity contribution is -0.123. The van der Waals surface area contributed by atoms with Gasteiger partial charge in [0, 0.05) is 37.1 Å². The predicted octanol–water partition coefficient (Wildman–Crippen LogP) is 3.78. The number of nitrogens with one attached hydrogen (secondary N) is 2. The molecule has 2 amide bonds. The monoisotopic (exact) mass is 444 g/mol. The average molecular weight is 445 g/mol. The molecule has 1 fully saturated rings. The van der Waals surface area contributed by atoms with E-state index in [0.29, 0.717) is 24.8 Å². The van der Waals surface area contributed by atoms with Gasteiger partial charge in [-0.15, -0.1) is 0 Å². The Labute approximate surface area is 188 Å². The summed E-state index contributed by atoms with van der Waals surface area (Å²) < 4.78 is 10.8. The van der Waals surface area contributed by atoms with Gasteiger partial charge in [0.25, 0.3) is 0 Å². The molecule has 0 radical (unpaired) electrons. The van der Waals surface area contributed by atoms with Crippen LogP contribution in [-0.4, -0.2) is 38.7 Å². The van der Waals surface area contributed by atoms with Crippen molar-refractivity contribution in [3.05, 3.63) is 64.7 Å². The van der Waals surface area contributed by atoms with Gasteiger partial charge in [0.2, 0.25) is 11.8 Å². The molecule has 7 heteroatoms. The van der Waals surface area contributed by atoms with Crippen molar-refractivity contribution in [3.63, 3.8) is 0 Å². The number of hydrogen-bond donors (Lipinski definition) is 2. The molecule has 6 nitrogen and oxygen atoms in total. The molecule has 0 bridgehead atoms. The first-order valence-corrected chi connectivity index (χ1v) is 10.8. The molecule has 2 N–H and O–H groups in total. The predicted molar refractivity (Wildman–Crippen MR) is 120 cm³/mol. The second-order valence-corrected chi connectivity index (χ2v) is 8.34. The number of rotatable bonds is 8. The first kappa shape index (κ1) is 23.1. The van der Waals surface area contributed by atoms with Gasteiger partial charge in [-0.25, -0.2) is 0 Å². The lowest BCUT2D eigenvalue weighted by Gasteiger charge is -2.38. The Morgan fingerprint density at radius 1 is 1.10 bits per heavy atom. The fourth-order valence-electron chi connectivity index (χ4n) is 3.99. The number of carbonyl (C=O) groups excluding carboxylic acids is 2. The van der Waals surface area contributed by atoms with E-state index < -0.39 is 6.04 Å². The van der Waals surface area contributed by atoms with Crippen LogP contribution in [0.15, 0.2) is 48.5 Å². The fraction of sp³-hybridized carbons (Fsp3) is 0.417. The van der Waals surface area contributed by atoms with E-state index in [1.165, 1.54) is 6.92 Å². The minimum absolute atomic E-state index is 0.116. The molecule has 2 aromatic rings. The molecular weight excluding hydrogens is 416 g/mol. The Balaban J connectivity index is 1.69. The zero-order valence-electron chi connectivity index (χ0n) is 17.9. The van der Waals surface area contributed by atoms with Gasteiger partial charge >= 0.3 is 0 Å². The van der Waals surface area contributed by atoms with Gasteiger partial charge in [-0.3, -0.25) is 9.59 Å². The van der Waals surface area contributed by atoms with E-state index in [0.717, 1.165) is 29.7 Å². The molecule has 1 atom stereocenters. The highest BCUT2D eigenvalue weighted by atomic mass is 35.5. The second kappa shape index (κ2) is 10.6. The van der Waals surface area contributed by atoms with Gasteiger partial charge in [-0.2, -0.15) is 0 Å². The maximum absolute atomic E-state index is 12.9. The number of methoxy groups -OCH3 is 1. The Morgan fingerprint density at radius 2 is 1.74 bits per heavy atom. The van der Waals surface area contributed by atoms with Crippen LogP contribution < -0.4 is 15.4 Å². The van der Waals surface area contributed by atoms with Crippen molar-refractivity contribution in [1.29, 1.82) is 0 Å². The molecule has 0 saturated carbocycles. The number of halogens is 1. The molecular formula is C24H29ClN2O4. The third-order valence-electron chi connectivity index (χ3n) is 5.82. The van der Waals surface area contributed by atoms with Gasteiger partial charge in [-0.05, 0) is 48.2 Å². The zero-order chi connectivity index (χ0) is 22.3. The molecule has 0 spiro atoms. The van der Waals surface area contributed by atoms with E-state index in [2.05, 4.69) is 10.6 Å². The van der Waals surface area contributed by atoms with E-state index in [1.807, 2.05) is 48.5 Å². The van der Waals surface area contributed by atoms with Gasteiger partial charge in [0.05, 0.1) is 19.6 Å². The number of amides is 2. The third kappa shape index (κ3) is 6.21. The van der Waals surface area contributed by atoms with Crippen molar-refractivity contribution in [2.75, 3.05) is 26.9 Å². The first-order valence-electron chi connectivity index (χ1n) is 10.4. The summed E-state index contributed by atoms with van der Waals surface area (Å²) in [4.78, 5) is 24.6. The summed E-state index contributed by atoms with van der Waals surface area (Å²) in [5.41, 5.74) is 1.81. The van der Waals surface area contributed by atoms with Gasteiger partial charge in [0.15, 0.2) is 0 Å². The van der Waals surface area contributed by atoms with Crippen molar-refractivity contribution in [3.8, 4) is 5.75 Å². The zero-order valence-corrected chi connectivity index (χ0v) is 18.7. The number of ether oxygens (including phenoxy) is 2. The molecule has 1 unspecified atom stereocenters. The van der Waals surface area contributed by atoms with E-state index in [4.69, 9.17) is 21.1 Å². The van der Waals surface area contributed by atoms with Crippen LogP contribution in [0.25, 0.3) is 0 Å². The van der Waals surface area contributed by atoms with Crippen LogP contribution >= 0.6 is 11.6 Å². The Morgan fingerprint density at radius 3 is 2.32 bits per heavy atom. The lowest BCUT2D eigenvalue weighted by atomic mass is 9.74. The summed E-state index contributed by atoms with van der Waals surface area (Å²) in [6.07, 6.45) is 1.80. The molecule has 1 aliphatic rings. The Bertz CT molecular complexity index is 877. The third-order valence-corrected chi connectivity index (χ3v) is 6.07. The van der Waals surface area contributed by atoms with Gasteiger partial charge in [-0.1, -0.05) is 35.9 Å². The van der Waals surface area contributed by atoms with Crippen molar-refractivity contribution in [1.82, 2.24) is 10.6 Å². The van der Waals surface area contributed by atoms with Crippen LogP contribution in [0.3, 0.4) is 0 Å². The highest BCUT2D eigenvalue weighted by Crippen LogP contribution is 2.35. The van der Waals surface area contributed by atoms with Crippen LogP contribution in [0.1, 0.15) is 43.4 Å². The van der Waals surface area contributed by atoms with Gasteiger partial charge in [0.1, 0.15) is 5.75 Å². The Hall–Kier alpha value is -2.57. The summed E-state index contributed by atoms with van der Waals surface area (Å²) in [6.45, 7) is 3.26. The van der Waals surface area contributed by atoms with E-state index in [9.17, 15) is 9.59 Å². The Kier molecular flexibility index (Phi) is 7.93. The summed E-state index contributed by atoms with van der Waals surface area (Å²) in [7, 11) is 1.60. The van der Waals surface area contributed by atoms with Crippen molar-refractivity contribution >= 4 is 23.4 Å². The highest BCUT2D eigenvalue weighted by Gasteiger charge is 2.35. The minimum Gasteiger partial charge on any atom is -0.497 e. The van der Waals surface area contributed by atoms with Crippen LogP contribution in [-0.2, 0) is 19.7 Å². The minimum atomic E-state index is -0.412. The molecule has 1 aliphatic heterocycles. The normalized spacial score (nSPS) is 16.2. The maximum Gasteiger partial charge on any atom is 0.222 e. The van der Waals surface area contributed by atoms with Crippen LogP contribution in [0.2, 0.25) is 5.02 Å². The molecule has 0 aromatic heterocycles. The van der Waals surface area contributed by atoms with Crippen LogP contribution in [0, 0.1) is 0 Å². The quantitative estimate of drug-likeness (QED) is 0.649. The van der Waals surface area contributed by atoms with Gasteiger partial charge < -0.3 is 20.1 Å². The molecule has 166 valence electrons. The van der Waals surface area contributed by atoms with E-state index >= 15 is 0 Å². The molecule has 1 saturated heterocycles. The number of benzene rings is 2. The van der Waals surface area contributed by atoms with Crippen molar-refractivity contribution < 1.29 is 19.1 Å². The summed E-state index contributed by atoms with van der Waals surface area (Å²) in [5, 5.41) is 6.66. The standard InChI is InChI=1S/C24H29ClN2O4/c1-17(28)27-22(18-3-9-21(30-2)10-4-18)15-23(29)26-16-24(11-13-31-14-12-24)19-5-7-20(25)8-6-19/h3-10,22H,11-16H2,1-2H3,(H,26,29)(H,27,28). The molecule has 1 heterocycles. The summed E-state index contributed by atoms with van der Waals surface area (Å²) in [6, 6.07) is 14.8. The largest absolute Gasteiger partial charge is 0.497 e. The number of hydrogen-bond acceptors (Lipinski definition) is 4. The smallest absolute Gasteiger partial charge is 0.222 e. The van der Waals surface area contributed by atoms with Crippen molar-refractivity contribution in [2.24, 2.45) is 0 Å².